The van der Waals surface area contributed by atoms with E-state index in [4.69, 9.17) is 5.11 Å². The minimum atomic E-state index is 0.169. The first-order chi connectivity index (χ1) is 5.38. The molecule has 1 aromatic rings. The zero-order valence-corrected chi connectivity index (χ0v) is 6.35. The van der Waals surface area contributed by atoms with Crippen LogP contribution in [0.2, 0.25) is 0 Å². The molecule has 0 amide bonds. The van der Waals surface area contributed by atoms with Gasteiger partial charge in [0.05, 0.1) is 12.4 Å². The van der Waals surface area contributed by atoms with Crippen LogP contribution in [0.3, 0.4) is 0 Å². The normalized spacial score (nSPS) is 12.8. The summed E-state index contributed by atoms with van der Waals surface area (Å²) in [5.74, 6) is 0. The Hall–Kier alpha value is -1.09. The van der Waals surface area contributed by atoms with Crippen molar-refractivity contribution in [3.8, 4) is 0 Å². The van der Waals surface area contributed by atoms with Crippen molar-refractivity contribution in [2.24, 2.45) is 0 Å². The summed E-state index contributed by atoms with van der Waals surface area (Å²) in [6, 6.07) is 0.169. The maximum atomic E-state index is 8.69. The third kappa shape index (κ3) is 1.91. The standard InChI is InChI=1S/C8H12N2O/c1-2-8(3-6-11)10-5-4-9-7-10/h2,4-5,7-8,11H,1,3,6H2. The smallest absolute Gasteiger partial charge is 0.0951 e. The topological polar surface area (TPSA) is 38.0 Å². The Kier molecular flexibility index (Phi) is 2.86. The van der Waals surface area contributed by atoms with Crippen LogP contribution < -0.4 is 0 Å². The van der Waals surface area contributed by atoms with E-state index in [0.29, 0.717) is 6.42 Å². The number of nitrogens with zero attached hydrogens (tertiary/aromatic N) is 2. The first kappa shape index (κ1) is 8.01. The molecule has 0 aliphatic rings. The highest BCUT2D eigenvalue weighted by molar-refractivity contribution is 4.89. The van der Waals surface area contributed by atoms with Crippen LogP contribution in [0, 0.1) is 0 Å². The fourth-order valence-electron chi connectivity index (χ4n) is 0.987. The molecule has 1 aromatic heterocycles. The van der Waals surface area contributed by atoms with Crippen LogP contribution in [0.4, 0.5) is 0 Å². The van der Waals surface area contributed by atoms with Gasteiger partial charge < -0.3 is 9.67 Å². The molecule has 1 heterocycles. The lowest BCUT2D eigenvalue weighted by Gasteiger charge is -2.11. The van der Waals surface area contributed by atoms with Crippen LogP contribution >= 0.6 is 0 Å². The van der Waals surface area contributed by atoms with Crippen molar-refractivity contribution < 1.29 is 5.11 Å². The van der Waals surface area contributed by atoms with Gasteiger partial charge >= 0.3 is 0 Å². The van der Waals surface area contributed by atoms with Gasteiger partial charge in [-0.3, -0.25) is 0 Å². The van der Waals surface area contributed by atoms with Gasteiger partial charge in [0.15, 0.2) is 0 Å². The van der Waals surface area contributed by atoms with Crippen molar-refractivity contribution in [3.63, 3.8) is 0 Å². The lowest BCUT2D eigenvalue weighted by atomic mass is 10.2. The number of aromatic nitrogens is 2. The van der Waals surface area contributed by atoms with Crippen LogP contribution in [-0.2, 0) is 0 Å². The van der Waals surface area contributed by atoms with Gasteiger partial charge in [-0.2, -0.15) is 0 Å². The highest BCUT2D eigenvalue weighted by Gasteiger charge is 2.02. The molecule has 0 aromatic carbocycles. The van der Waals surface area contributed by atoms with Gasteiger partial charge in [0.25, 0.3) is 0 Å². The van der Waals surface area contributed by atoms with Crippen molar-refractivity contribution in [3.05, 3.63) is 31.4 Å². The summed E-state index contributed by atoms with van der Waals surface area (Å²) in [5, 5.41) is 8.69. The Morgan fingerprint density at radius 3 is 3.00 bits per heavy atom. The zero-order valence-electron chi connectivity index (χ0n) is 6.35. The second-order valence-corrected chi connectivity index (χ2v) is 2.33. The molecule has 0 aliphatic heterocycles. The van der Waals surface area contributed by atoms with Crippen LogP contribution in [0.1, 0.15) is 12.5 Å². The van der Waals surface area contributed by atoms with Crippen LogP contribution in [0.5, 0.6) is 0 Å². The average Bonchev–Trinajstić information content (AvgIpc) is 2.52. The summed E-state index contributed by atoms with van der Waals surface area (Å²) in [7, 11) is 0. The minimum Gasteiger partial charge on any atom is -0.396 e. The van der Waals surface area contributed by atoms with Gasteiger partial charge in [-0.1, -0.05) is 6.08 Å². The predicted molar refractivity (Wildman–Crippen MR) is 43.2 cm³/mol. The van der Waals surface area contributed by atoms with Crippen molar-refractivity contribution >= 4 is 0 Å². The van der Waals surface area contributed by atoms with E-state index in [1.807, 2.05) is 10.8 Å². The molecule has 60 valence electrons. The van der Waals surface area contributed by atoms with Gasteiger partial charge in [0, 0.05) is 19.0 Å². The SMILES string of the molecule is C=CC(CCO)n1ccnc1. The molecule has 0 saturated heterocycles. The van der Waals surface area contributed by atoms with E-state index in [9.17, 15) is 0 Å². The summed E-state index contributed by atoms with van der Waals surface area (Å²) in [5.41, 5.74) is 0. The second kappa shape index (κ2) is 3.93. The van der Waals surface area contributed by atoms with Gasteiger partial charge in [-0.15, -0.1) is 6.58 Å². The van der Waals surface area contributed by atoms with Crippen molar-refractivity contribution in [2.75, 3.05) is 6.61 Å². The number of allylic oxidation sites excluding steroid dienone is 1. The van der Waals surface area contributed by atoms with E-state index in [1.165, 1.54) is 0 Å². The quantitative estimate of drug-likeness (QED) is 0.653. The number of aliphatic hydroxyl groups is 1. The second-order valence-electron chi connectivity index (χ2n) is 2.33. The zero-order chi connectivity index (χ0) is 8.10. The highest BCUT2D eigenvalue weighted by Crippen LogP contribution is 2.10. The first-order valence-electron chi connectivity index (χ1n) is 3.59. The Bertz CT molecular complexity index is 206. The number of aliphatic hydroxyl groups excluding tert-OH is 1. The largest absolute Gasteiger partial charge is 0.396 e. The highest BCUT2D eigenvalue weighted by atomic mass is 16.3. The van der Waals surface area contributed by atoms with E-state index in [2.05, 4.69) is 11.6 Å². The van der Waals surface area contributed by atoms with E-state index in [-0.39, 0.29) is 12.6 Å². The molecule has 1 rings (SSSR count). The lowest BCUT2D eigenvalue weighted by molar-refractivity contribution is 0.270. The van der Waals surface area contributed by atoms with E-state index in [1.54, 1.807) is 18.6 Å². The number of hydrogen-bond donors (Lipinski definition) is 1. The average molecular weight is 152 g/mol. The van der Waals surface area contributed by atoms with Crippen LogP contribution in [-0.4, -0.2) is 21.3 Å². The minimum absolute atomic E-state index is 0.169. The van der Waals surface area contributed by atoms with E-state index >= 15 is 0 Å². The molecule has 0 radical (unpaired) electrons. The number of imidazole rings is 1. The molecule has 0 bridgehead atoms. The summed E-state index contributed by atoms with van der Waals surface area (Å²) in [6.45, 7) is 3.85. The van der Waals surface area contributed by atoms with Crippen LogP contribution in [0.15, 0.2) is 31.4 Å². The maximum Gasteiger partial charge on any atom is 0.0951 e. The van der Waals surface area contributed by atoms with Crippen molar-refractivity contribution in [1.29, 1.82) is 0 Å². The van der Waals surface area contributed by atoms with Gasteiger partial charge in [-0.05, 0) is 6.42 Å². The summed E-state index contributed by atoms with van der Waals surface area (Å²) in [6.07, 6.45) is 7.80. The molecule has 0 spiro atoms. The van der Waals surface area contributed by atoms with E-state index in [0.717, 1.165) is 0 Å². The molecule has 3 heteroatoms. The molecular formula is C8H12N2O. The van der Waals surface area contributed by atoms with Crippen molar-refractivity contribution in [2.45, 2.75) is 12.5 Å². The molecule has 0 saturated carbocycles. The number of rotatable bonds is 4. The molecule has 1 N–H and O–H groups in total. The lowest BCUT2D eigenvalue weighted by Crippen LogP contribution is -2.05. The van der Waals surface area contributed by atoms with Crippen LogP contribution in [0.25, 0.3) is 0 Å². The Labute approximate surface area is 66.0 Å². The van der Waals surface area contributed by atoms with Crippen molar-refractivity contribution in [1.82, 2.24) is 9.55 Å². The molecule has 11 heavy (non-hydrogen) atoms. The Morgan fingerprint density at radius 1 is 1.73 bits per heavy atom. The van der Waals surface area contributed by atoms with Gasteiger partial charge in [0.2, 0.25) is 0 Å². The summed E-state index contributed by atoms with van der Waals surface area (Å²) >= 11 is 0. The molecule has 1 unspecified atom stereocenters. The maximum absolute atomic E-state index is 8.69. The van der Waals surface area contributed by atoms with Gasteiger partial charge in [0.1, 0.15) is 0 Å². The molecular weight excluding hydrogens is 140 g/mol. The third-order valence-electron chi connectivity index (χ3n) is 1.60. The monoisotopic (exact) mass is 152 g/mol. The molecule has 0 fully saturated rings. The Balaban J connectivity index is 2.63. The molecule has 0 aliphatic carbocycles. The fraction of sp³-hybridized carbons (Fsp3) is 0.375. The fourth-order valence-corrected chi connectivity index (χ4v) is 0.987. The molecule has 1 atom stereocenters. The molecule has 3 nitrogen and oxygen atoms in total. The Morgan fingerprint density at radius 2 is 2.55 bits per heavy atom. The predicted octanol–water partition coefficient (Wildman–Crippen LogP) is 0.993. The van der Waals surface area contributed by atoms with E-state index < -0.39 is 0 Å². The third-order valence-corrected chi connectivity index (χ3v) is 1.60. The summed E-state index contributed by atoms with van der Waals surface area (Å²) < 4.78 is 1.92. The summed E-state index contributed by atoms with van der Waals surface area (Å²) in [4.78, 5) is 3.91. The van der Waals surface area contributed by atoms with Gasteiger partial charge in [-0.25, -0.2) is 4.98 Å². The first-order valence-corrected chi connectivity index (χ1v) is 3.59. The number of hydrogen-bond acceptors (Lipinski definition) is 2.